The number of aliphatic imine (C=N–C) groups is 1. The molecule has 1 aliphatic heterocycles. The van der Waals surface area contributed by atoms with E-state index >= 15 is 0 Å². The molecule has 1 saturated heterocycles. The van der Waals surface area contributed by atoms with Crippen LogP contribution in [0.1, 0.15) is 30.2 Å². The Kier molecular flexibility index (Phi) is 7.52. The van der Waals surface area contributed by atoms with Gasteiger partial charge in [-0.05, 0) is 45.7 Å². The molecule has 0 saturated carbocycles. The van der Waals surface area contributed by atoms with Gasteiger partial charge in [0, 0.05) is 27.2 Å². The summed E-state index contributed by atoms with van der Waals surface area (Å²) in [6.45, 7) is 9.35. The molecule has 24 heavy (non-hydrogen) atoms. The Morgan fingerprint density at radius 2 is 2.08 bits per heavy atom. The fraction of sp³-hybridized carbons (Fsp3) is 0.765. The summed E-state index contributed by atoms with van der Waals surface area (Å²) in [5, 5.41) is 6.65. The van der Waals surface area contributed by atoms with Gasteiger partial charge in [0.25, 0.3) is 0 Å². The van der Waals surface area contributed by atoms with Crippen molar-refractivity contribution in [3.63, 3.8) is 0 Å². The second kappa shape index (κ2) is 9.64. The summed E-state index contributed by atoms with van der Waals surface area (Å²) < 4.78 is 10.7. The Bertz CT molecular complexity index is 502. The molecule has 2 N–H and O–H groups in total. The van der Waals surface area contributed by atoms with Crippen molar-refractivity contribution in [2.45, 2.75) is 33.2 Å². The number of hydrogen-bond acceptors (Lipinski definition) is 5. The molecular weight excluding hydrogens is 306 g/mol. The third kappa shape index (κ3) is 5.79. The van der Waals surface area contributed by atoms with Crippen molar-refractivity contribution >= 4 is 5.96 Å². The molecule has 0 amide bonds. The van der Waals surface area contributed by atoms with Gasteiger partial charge < -0.3 is 19.8 Å². The van der Waals surface area contributed by atoms with Crippen molar-refractivity contribution in [3.8, 4) is 0 Å². The van der Waals surface area contributed by atoms with Crippen LogP contribution in [0.3, 0.4) is 0 Å². The molecule has 7 nitrogen and oxygen atoms in total. The number of guanidine groups is 1. The van der Waals surface area contributed by atoms with E-state index < -0.39 is 0 Å². The van der Waals surface area contributed by atoms with Crippen LogP contribution in [0.15, 0.2) is 9.41 Å². The molecule has 0 radical (unpaired) electrons. The number of hydrogen-bond donors (Lipinski definition) is 2. The number of aryl methyl sites for hydroxylation is 2. The van der Waals surface area contributed by atoms with Gasteiger partial charge in [-0.3, -0.25) is 9.89 Å². The van der Waals surface area contributed by atoms with Gasteiger partial charge in [-0.1, -0.05) is 0 Å². The Labute approximate surface area is 144 Å². The van der Waals surface area contributed by atoms with Gasteiger partial charge in [0.1, 0.15) is 5.76 Å². The quantitative estimate of drug-likeness (QED) is 0.444. The molecular formula is C17H31N5O2. The fourth-order valence-electron chi connectivity index (χ4n) is 2.88. The van der Waals surface area contributed by atoms with Crippen LogP contribution < -0.4 is 10.6 Å². The minimum atomic E-state index is 0.676. The van der Waals surface area contributed by atoms with Crippen molar-refractivity contribution in [2.24, 2.45) is 10.9 Å². The van der Waals surface area contributed by atoms with Crippen molar-refractivity contribution in [2.75, 3.05) is 46.9 Å². The molecule has 1 aromatic heterocycles. The molecule has 0 bridgehead atoms. The number of piperidine rings is 1. The highest BCUT2D eigenvalue weighted by Gasteiger charge is 2.21. The summed E-state index contributed by atoms with van der Waals surface area (Å²) in [7, 11) is 3.50. The third-order valence-corrected chi connectivity index (χ3v) is 4.52. The van der Waals surface area contributed by atoms with Gasteiger partial charge >= 0.3 is 0 Å². The number of nitrogens with one attached hydrogen (secondary N) is 2. The number of rotatable bonds is 7. The summed E-state index contributed by atoms with van der Waals surface area (Å²) in [6, 6.07) is 0. The average molecular weight is 337 g/mol. The van der Waals surface area contributed by atoms with Crippen molar-refractivity contribution in [1.82, 2.24) is 20.5 Å². The van der Waals surface area contributed by atoms with E-state index in [1.165, 1.54) is 12.8 Å². The van der Waals surface area contributed by atoms with Crippen LogP contribution in [0.2, 0.25) is 0 Å². The van der Waals surface area contributed by atoms with Crippen molar-refractivity contribution < 1.29 is 9.15 Å². The molecule has 0 unspecified atom stereocenters. The van der Waals surface area contributed by atoms with Gasteiger partial charge in [0.05, 0.1) is 18.8 Å². The van der Waals surface area contributed by atoms with Crippen LogP contribution in [-0.2, 0) is 11.3 Å². The van der Waals surface area contributed by atoms with Crippen LogP contribution >= 0.6 is 0 Å². The molecule has 2 heterocycles. The topological polar surface area (TPSA) is 74.9 Å². The fourth-order valence-corrected chi connectivity index (χ4v) is 2.88. The van der Waals surface area contributed by atoms with E-state index in [0.29, 0.717) is 12.5 Å². The average Bonchev–Trinajstić information content (AvgIpc) is 2.90. The molecule has 0 aliphatic carbocycles. The van der Waals surface area contributed by atoms with Crippen molar-refractivity contribution in [1.29, 1.82) is 0 Å². The van der Waals surface area contributed by atoms with E-state index in [9.17, 15) is 0 Å². The third-order valence-electron chi connectivity index (χ3n) is 4.52. The molecule has 1 aliphatic rings. The summed E-state index contributed by atoms with van der Waals surface area (Å²) in [6.07, 6.45) is 2.36. The normalized spacial score (nSPS) is 17.2. The zero-order chi connectivity index (χ0) is 17.4. The maximum atomic E-state index is 5.68. The second-order valence-corrected chi connectivity index (χ2v) is 6.34. The van der Waals surface area contributed by atoms with E-state index in [-0.39, 0.29) is 0 Å². The first-order chi connectivity index (χ1) is 11.6. The maximum Gasteiger partial charge on any atom is 0.208 e. The van der Waals surface area contributed by atoms with Crippen LogP contribution in [-0.4, -0.2) is 62.8 Å². The van der Waals surface area contributed by atoms with E-state index in [4.69, 9.17) is 9.15 Å². The Morgan fingerprint density at radius 3 is 2.67 bits per heavy atom. The lowest BCUT2D eigenvalue weighted by Gasteiger charge is -2.31. The van der Waals surface area contributed by atoms with Crippen LogP contribution in [0.5, 0.6) is 0 Å². The highest BCUT2D eigenvalue weighted by Crippen LogP contribution is 2.19. The number of oxazole rings is 1. The van der Waals surface area contributed by atoms with Crippen molar-refractivity contribution in [3.05, 3.63) is 17.3 Å². The Morgan fingerprint density at radius 1 is 1.33 bits per heavy atom. The van der Waals surface area contributed by atoms with E-state index in [0.717, 1.165) is 56.0 Å². The second-order valence-electron chi connectivity index (χ2n) is 6.34. The molecule has 0 spiro atoms. The van der Waals surface area contributed by atoms with E-state index in [1.807, 2.05) is 13.8 Å². The van der Waals surface area contributed by atoms with E-state index in [1.54, 1.807) is 14.2 Å². The number of likely N-dealkylation sites (tertiary alicyclic amines) is 1. The van der Waals surface area contributed by atoms with E-state index in [2.05, 4.69) is 25.5 Å². The predicted octanol–water partition coefficient (Wildman–Crippen LogP) is 1.31. The SMILES string of the molecule is CN=C(NCCOC)NCC1CCN(Cc2nc(C)c(C)o2)CC1. The van der Waals surface area contributed by atoms with Crippen LogP contribution in [0, 0.1) is 19.8 Å². The van der Waals surface area contributed by atoms with Gasteiger partial charge in [-0.15, -0.1) is 0 Å². The molecule has 0 aromatic carbocycles. The lowest BCUT2D eigenvalue weighted by atomic mass is 9.97. The lowest BCUT2D eigenvalue weighted by Crippen LogP contribution is -2.43. The largest absolute Gasteiger partial charge is 0.444 e. The van der Waals surface area contributed by atoms with Crippen LogP contribution in [0.4, 0.5) is 0 Å². The number of methoxy groups -OCH3 is 1. The Balaban J connectivity index is 1.67. The molecule has 1 aromatic rings. The van der Waals surface area contributed by atoms with Gasteiger partial charge in [0.2, 0.25) is 5.89 Å². The first-order valence-electron chi connectivity index (χ1n) is 8.71. The monoisotopic (exact) mass is 337 g/mol. The minimum absolute atomic E-state index is 0.676. The van der Waals surface area contributed by atoms with Crippen LogP contribution in [0.25, 0.3) is 0 Å². The Hall–Kier alpha value is -1.60. The number of aromatic nitrogens is 1. The van der Waals surface area contributed by atoms with Gasteiger partial charge in [0.15, 0.2) is 5.96 Å². The molecule has 2 rings (SSSR count). The summed E-state index contributed by atoms with van der Waals surface area (Å²) in [5.74, 6) is 3.29. The first-order valence-corrected chi connectivity index (χ1v) is 8.71. The smallest absolute Gasteiger partial charge is 0.208 e. The first kappa shape index (κ1) is 18.7. The number of nitrogens with zero attached hydrogens (tertiary/aromatic N) is 3. The summed E-state index contributed by atoms with van der Waals surface area (Å²) >= 11 is 0. The standard InChI is InChI=1S/C17H31N5O2/c1-13-14(2)24-16(21-13)12-22-8-5-15(6-9-22)11-20-17(18-3)19-7-10-23-4/h15H,5-12H2,1-4H3,(H2,18,19,20). The molecule has 1 fully saturated rings. The minimum Gasteiger partial charge on any atom is -0.444 e. The molecule has 7 heteroatoms. The zero-order valence-corrected chi connectivity index (χ0v) is 15.4. The lowest BCUT2D eigenvalue weighted by molar-refractivity contribution is 0.164. The predicted molar refractivity (Wildman–Crippen MR) is 95.2 cm³/mol. The van der Waals surface area contributed by atoms with Gasteiger partial charge in [-0.2, -0.15) is 0 Å². The summed E-state index contributed by atoms with van der Waals surface area (Å²) in [5.41, 5.74) is 0.997. The highest BCUT2D eigenvalue weighted by atomic mass is 16.5. The number of ether oxygens (including phenoxy) is 1. The highest BCUT2D eigenvalue weighted by molar-refractivity contribution is 5.79. The van der Waals surface area contributed by atoms with Gasteiger partial charge in [-0.25, -0.2) is 4.98 Å². The maximum absolute atomic E-state index is 5.68. The summed E-state index contributed by atoms with van der Waals surface area (Å²) in [4.78, 5) is 11.1. The zero-order valence-electron chi connectivity index (χ0n) is 15.4. The molecule has 0 atom stereocenters. The molecule has 136 valence electrons.